The highest BCUT2D eigenvalue weighted by Gasteiger charge is 2.32. The minimum atomic E-state index is -4.57. The largest absolute Gasteiger partial charge is 0.489 e. The summed E-state index contributed by atoms with van der Waals surface area (Å²) in [6.45, 7) is 0.367. The molecule has 0 spiro atoms. The van der Waals surface area contributed by atoms with Gasteiger partial charge in [-0.1, -0.05) is 0 Å². The Morgan fingerprint density at radius 1 is 1.15 bits per heavy atom. The van der Waals surface area contributed by atoms with Gasteiger partial charge in [0.25, 0.3) is 10.1 Å². The average molecular weight is 384 g/mol. The van der Waals surface area contributed by atoms with Crippen LogP contribution >= 0.6 is 0 Å². The summed E-state index contributed by atoms with van der Waals surface area (Å²) in [4.78, 5) is 1.19. The number of hydrogen-bond acceptors (Lipinski definition) is 5. The average Bonchev–Trinajstić information content (AvgIpc) is 2.58. The summed E-state index contributed by atoms with van der Waals surface area (Å²) < 4.78 is 75.5. The Morgan fingerprint density at radius 2 is 1.85 bits per heavy atom. The Morgan fingerprint density at radius 3 is 2.46 bits per heavy atom. The van der Waals surface area contributed by atoms with Gasteiger partial charge < -0.3 is 9.64 Å². The number of halogens is 3. The van der Waals surface area contributed by atoms with Gasteiger partial charge in [-0.15, -0.1) is 0 Å². The maximum atomic E-state index is 12.8. The third-order valence-corrected chi connectivity index (χ3v) is 4.68. The third-order valence-electron chi connectivity index (χ3n) is 3.83. The van der Waals surface area contributed by atoms with Crippen molar-refractivity contribution in [1.29, 1.82) is 5.26 Å². The number of alkyl halides is 3. The predicted molar refractivity (Wildman–Crippen MR) is 84.9 cm³/mol. The first-order valence-electron chi connectivity index (χ1n) is 7.24. The lowest BCUT2D eigenvalue weighted by atomic mass is 10.1. The van der Waals surface area contributed by atoms with E-state index >= 15 is 0 Å². The maximum Gasteiger partial charge on any atom is 0.416 e. The van der Waals surface area contributed by atoms with Gasteiger partial charge in [-0.25, -0.2) is 0 Å². The molecule has 1 aliphatic rings. The van der Waals surface area contributed by atoms with Gasteiger partial charge >= 0.3 is 6.18 Å². The van der Waals surface area contributed by atoms with Crippen LogP contribution < -0.4 is 9.64 Å². The van der Waals surface area contributed by atoms with E-state index < -0.39 is 21.9 Å². The van der Waals surface area contributed by atoms with Crippen LogP contribution in [0.2, 0.25) is 0 Å². The highest BCUT2D eigenvalue weighted by atomic mass is 32.2. The Kier molecular flexibility index (Phi) is 4.29. The van der Waals surface area contributed by atoms with Crippen LogP contribution in [0.4, 0.5) is 24.5 Å². The Labute approximate surface area is 146 Å². The summed E-state index contributed by atoms with van der Waals surface area (Å²) in [5, 5.41) is 9.25. The molecule has 3 rings (SSSR count). The van der Waals surface area contributed by atoms with Crippen LogP contribution in [-0.2, 0) is 16.3 Å². The molecule has 0 bridgehead atoms. The second kappa shape index (κ2) is 6.19. The van der Waals surface area contributed by atoms with E-state index in [1.54, 1.807) is 11.0 Å². The van der Waals surface area contributed by atoms with Crippen LogP contribution in [0.25, 0.3) is 0 Å². The fourth-order valence-electron chi connectivity index (χ4n) is 2.65. The van der Waals surface area contributed by atoms with Crippen molar-refractivity contribution in [3.05, 3.63) is 47.5 Å². The first kappa shape index (κ1) is 18.0. The molecule has 0 aromatic heterocycles. The SMILES string of the molecule is N#Cc1cc(C(F)(F)F)ccc1N1CCOc2cc(S(=O)(=O)O)ccc21. The van der Waals surface area contributed by atoms with Crippen molar-refractivity contribution < 1.29 is 30.9 Å². The summed E-state index contributed by atoms with van der Waals surface area (Å²) in [5.41, 5.74) is -0.496. The number of rotatable bonds is 2. The standard InChI is InChI=1S/C16H11F3N2O4S/c17-16(18,19)11-1-3-13(10(7-11)9-20)21-5-6-25-15-8-12(26(22,23)24)2-4-14(15)21/h1-4,7-8H,5-6H2,(H,22,23,24). The molecule has 2 aromatic rings. The lowest BCUT2D eigenvalue weighted by molar-refractivity contribution is -0.137. The fraction of sp³-hybridized carbons (Fsp3) is 0.188. The molecular formula is C16H11F3N2O4S. The monoisotopic (exact) mass is 384 g/mol. The van der Waals surface area contributed by atoms with Crippen LogP contribution in [-0.4, -0.2) is 26.1 Å². The number of anilines is 2. The smallest absolute Gasteiger partial charge is 0.416 e. The molecule has 10 heteroatoms. The van der Waals surface area contributed by atoms with Crippen LogP contribution in [0.15, 0.2) is 41.3 Å². The van der Waals surface area contributed by atoms with Gasteiger partial charge in [0.05, 0.1) is 33.9 Å². The topological polar surface area (TPSA) is 90.6 Å². The Balaban J connectivity index is 2.09. The van der Waals surface area contributed by atoms with Crippen molar-refractivity contribution in [3.63, 3.8) is 0 Å². The zero-order valence-electron chi connectivity index (χ0n) is 13.0. The van der Waals surface area contributed by atoms with E-state index in [0.29, 0.717) is 5.69 Å². The summed E-state index contributed by atoms with van der Waals surface area (Å²) >= 11 is 0. The first-order chi connectivity index (χ1) is 12.1. The van der Waals surface area contributed by atoms with Crippen LogP contribution in [0, 0.1) is 11.3 Å². The normalized spacial score (nSPS) is 14.3. The minimum absolute atomic E-state index is 0.119. The highest BCUT2D eigenvalue weighted by molar-refractivity contribution is 7.85. The van der Waals surface area contributed by atoms with Gasteiger partial charge in [-0.3, -0.25) is 4.55 Å². The van der Waals surface area contributed by atoms with E-state index in [4.69, 9.17) is 9.29 Å². The number of hydrogen-bond donors (Lipinski definition) is 1. The zero-order valence-corrected chi connectivity index (χ0v) is 13.8. The molecule has 0 amide bonds. The van der Waals surface area contributed by atoms with Crippen molar-refractivity contribution in [3.8, 4) is 11.8 Å². The summed E-state index contributed by atoms with van der Waals surface area (Å²) in [6, 6.07) is 8.20. The number of nitrogens with zero attached hydrogens (tertiary/aromatic N) is 2. The fourth-order valence-corrected chi connectivity index (χ4v) is 3.14. The number of nitriles is 1. The first-order valence-corrected chi connectivity index (χ1v) is 8.68. The molecule has 0 saturated heterocycles. The van der Waals surface area contributed by atoms with Crippen LogP contribution in [0.3, 0.4) is 0 Å². The zero-order chi connectivity index (χ0) is 19.1. The van der Waals surface area contributed by atoms with Crippen molar-refractivity contribution in [1.82, 2.24) is 0 Å². The maximum absolute atomic E-state index is 12.8. The second-order valence-electron chi connectivity index (χ2n) is 5.45. The number of ether oxygens (including phenoxy) is 1. The third kappa shape index (κ3) is 3.31. The van der Waals surface area contributed by atoms with E-state index in [0.717, 1.165) is 24.3 Å². The molecule has 0 atom stereocenters. The van der Waals surface area contributed by atoms with Crippen LogP contribution in [0.5, 0.6) is 5.75 Å². The molecule has 0 saturated carbocycles. The molecule has 6 nitrogen and oxygen atoms in total. The molecule has 1 aliphatic heterocycles. The summed E-state index contributed by atoms with van der Waals surface area (Å²) in [7, 11) is -4.43. The van der Waals surface area contributed by atoms with Crippen molar-refractivity contribution in [2.24, 2.45) is 0 Å². The molecule has 1 N–H and O–H groups in total. The van der Waals surface area contributed by atoms with E-state index in [1.165, 1.54) is 12.1 Å². The summed E-state index contributed by atoms with van der Waals surface area (Å²) in [5.74, 6) is 0.134. The molecule has 0 radical (unpaired) electrons. The van der Waals surface area contributed by atoms with Gasteiger partial charge in [0.1, 0.15) is 18.4 Å². The molecule has 0 aliphatic carbocycles. The highest BCUT2D eigenvalue weighted by Crippen LogP contribution is 2.40. The molecule has 26 heavy (non-hydrogen) atoms. The molecule has 0 unspecified atom stereocenters. The quantitative estimate of drug-likeness (QED) is 0.799. The van der Waals surface area contributed by atoms with Crippen molar-refractivity contribution in [2.45, 2.75) is 11.1 Å². The molecule has 0 fully saturated rings. The number of benzene rings is 2. The lowest BCUT2D eigenvalue weighted by Gasteiger charge is -2.32. The van der Waals surface area contributed by atoms with Gasteiger partial charge in [0.2, 0.25) is 0 Å². The van der Waals surface area contributed by atoms with E-state index in [2.05, 4.69) is 0 Å². The van der Waals surface area contributed by atoms with Crippen molar-refractivity contribution >= 4 is 21.5 Å². The van der Waals surface area contributed by atoms with Gasteiger partial charge in [0, 0.05) is 6.07 Å². The van der Waals surface area contributed by atoms with E-state index in [-0.39, 0.29) is 35.0 Å². The van der Waals surface area contributed by atoms with E-state index in [9.17, 15) is 26.9 Å². The van der Waals surface area contributed by atoms with Gasteiger partial charge in [-0.2, -0.15) is 26.9 Å². The minimum Gasteiger partial charge on any atom is -0.489 e. The second-order valence-corrected chi connectivity index (χ2v) is 6.87. The van der Waals surface area contributed by atoms with E-state index in [1.807, 2.05) is 0 Å². The lowest BCUT2D eigenvalue weighted by Crippen LogP contribution is -2.29. The molecule has 1 heterocycles. The van der Waals surface area contributed by atoms with Crippen LogP contribution in [0.1, 0.15) is 11.1 Å². The molecule has 2 aromatic carbocycles. The van der Waals surface area contributed by atoms with Gasteiger partial charge in [0.15, 0.2) is 0 Å². The van der Waals surface area contributed by atoms with Crippen molar-refractivity contribution in [2.75, 3.05) is 18.1 Å². The summed E-state index contributed by atoms with van der Waals surface area (Å²) in [6.07, 6.45) is -4.57. The number of fused-ring (bicyclic) bond motifs is 1. The predicted octanol–water partition coefficient (Wildman–Crippen LogP) is 3.35. The molecular weight excluding hydrogens is 373 g/mol. The molecule has 136 valence electrons. The Hall–Kier alpha value is -2.77. The van der Waals surface area contributed by atoms with Gasteiger partial charge in [-0.05, 0) is 30.3 Å². The Bertz CT molecular complexity index is 1010.